The summed E-state index contributed by atoms with van der Waals surface area (Å²) in [5, 5.41) is 13.5. The Bertz CT molecular complexity index is 1600. The Morgan fingerprint density at radius 3 is 2.81 bits per heavy atom. The molecule has 0 radical (unpaired) electrons. The van der Waals surface area contributed by atoms with Gasteiger partial charge in [-0.15, -0.1) is 0 Å². The van der Waals surface area contributed by atoms with E-state index >= 15 is 0 Å². The molecule has 0 N–H and O–H groups in total. The number of aromatic nitrogens is 4. The molecule has 0 bridgehead atoms. The van der Waals surface area contributed by atoms with Crippen LogP contribution < -0.4 is 9.47 Å². The Hall–Kier alpha value is -5.03. The Labute approximate surface area is 207 Å². The van der Waals surface area contributed by atoms with Gasteiger partial charge in [0.25, 0.3) is 0 Å². The van der Waals surface area contributed by atoms with Crippen molar-refractivity contribution in [2.75, 3.05) is 0 Å². The van der Waals surface area contributed by atoms with E-state index in [1.54, 1.807) is 41.0 Å². The van der Waals surface area contributed by atoms with Crippen LogP contribution in [0, 0.1) is 18.3 Å². The topological polar surface area (TPSA) is 102 Å². The highest BCUT2D eigenvalue weighted by molar-refractivity contribution is 5.79. The minimum absolute atomic E-state index is 0.0608. The summed E-state index contributed by atoms with van der Waals surface area (Å²) in [6.07, 6.45) is 5.81. The Balaban J connectivity index is 1.34. The van der Waals surface area contributed by atoms with Gasteiger partial charge in [0.1, 0.15) is 37.1 Å². The minimum atomic E-state index is 0.0608. The Morgan fingerprint density at radius 2 is 1.94 bits per heavy atom. The van der Waals surface area contributed by atoms with Gasteiger partial charge in [-0.1, -0.05) is 18.2 Å². The summed E-state index contributed by atoms with van der Waals surface area (Å²) in [6, 6.07) is 20.6. The minimum Gasteiger partial charge on any atom is -0.489 e. The van der Waals surface area contributed by atoms with Gasteiger partial charge in [0.05, 0.1) is 16.8 Å². The zero-order valence-corrected chi connectivity index (χ0v) is 19.5. The number of hydrogen-bond acceptors (Lipinski definition) is 7. The SMILES string of the molecule is Cc1c(COc2ccc(C=O)c(OCc3ncccc3C#N)c2)cccc1-c1ccc2ncnn2c1. The number of hydrogen-bond donors (Lipinski definition) is 0. The second kappa shape index (κ2) is 10.1. The molecule has 0 amide bonds. The number of pyridine rings is 2. The predicted octanol–water partition coefficient (Wildman–Crippen LogP) is 4.94. The van der Waals surface area contributed by atoms with Gasteiger partial charge in [-0.3, -0.25) is 9.78 Å². The smallest absolute Gasteiger partial charge is 0.155 e. The van der Waals surface area contributed by atoms with Crippen LogP contribution in [0.25, 0.3) is 16.8 Å². The first-order valence-electron chi connectivity index (χ1n) is 11.2. The van der Waals surface area contributed by atoms with E-state index in [2.05, 4.69) is 34.1 Å². The van der Waals surface area contributed by atoms with Crippen molar-refractivity contribution in [1.82, 2.24) is 19.6 Å². The molecule has 176 valence electrons. The van der Waals surface area contributed by atoms with Gasteiger partial charge in [0.2, 0.25) is 0 Å². The number of nitrogens with zero attached hydrogens (tertiary/aromatic N) is 5. The van der Waals surface area contributed by atoms with Crippen molar-refractivity contribution in [2.24, 2.45) is 0 Å². The first-order chi connectivity index (χ1) is 17.7. The lowest BCUT2D eigenvalue weighted by molar-refractivity contribution is 0.111. The Morgan fingerprint density at radius 1 is 1.03 bits per heavy atom. The fourth-order valence-corrected chi connectivity index (χ4v) is 3.92. The molecule has 3 heterocycles. The van der Waals surface area contributed by atoms with Crippen molar-refractivity contribution in [3.8, 4) is 28.7 Å². The summed E-state index contributed by atoms with van der Waals surface area (Å²) in [5.74, 6) is 0.926. The van der Waals surface area contributed by atoms with Crippen LogP contribution in [0.15, 0.2) is 79.4 Å². The second-order valence-electron chi connectivity index (χ2n) is 8.07. The van der Waals surface area contributed by atoms with Crippen LogP contribution in [0.1, 0.15) is 32.7 Å². The summed E-state index contributed by atoms with van der Waals surface area (Å²) in [4.78, 5) is 19.9. The van der Waals surface area contributed by atoms with Crippen LogP contribution >= 0.6 is 0 Å². The molecule has 8 heteroatoms. The van der Waals surface area contributed by atoms with Gasteiger partial charge in [-0.05, 0) is 60.0 Å². The molecule has 5 rings (SSSR count). The van der Waals surface area contributed by atoms with E-state index in [0.29, 0.717) is 34.9 Å². The van der Waals surface area contributed by atoms with Gasteiger partial charge in [-0.25, -0.2) is 9.50 Å². The van der Waals surface area contributed by atoms with Crippen molar-refractivity contribution in [1.29, 1.82) is 5.26 Å². The van der Waals surface area contributed by atoms with E-state index in [-0.39, 0.29) is 6.61 Å². The zero-order chi connectivity index (χ0) is 24.9. The van der Waals surface area contributed by atoms with Crippen LogP contribution in [0.2, 0.25) is 0 Å². The molecule has 0 aliphatic heterocycles. The van der Waals surface area contributed by atoms with E-state index in [1.807, 2.05) is 30.5 Å². The van der Waals surface area contributed by atoms with Gasteiger partial charge in [-0.2, -0.15) is 10.4 Å². The van der Waals surface area contributed by atoms with Crippen molar-refractivity contribution in [3.63, 3.8) is 0 Å². The number of benzene rings is 2. The van der Waals surface area contributed by atoms with E-state index in [4.69, 9.17) is 9.47 Å². The average Bonchev–Trinajstić information content (AvgIpc) is 3.39. The summed E-state index contributed by atoms with van der Waals surface area (Å²) >= 11 is 0. The summed E-state index contributed by atoms with van der Waals surface area (Å²) < 4.78 is 13.7. The molecule has 2 aromatic carbocycles. The molecule has 5 aromatic rings. The van der Waals surface area contributed by atoms with Gasteiger partial charge in [0.15, 0.2) is 11.9 Å². The van der Waals surface area contributed by atoms with E-state index in [0.717, 1.165) is 34.2 Å². The lowest BCUT2D eigenvalue weighted by Gasteiger charge is -2.14. The number of carbonyl (C=O) groups excluding carboxylic acids is 1. The number of carbonyl (C=O) groups is 1. The second-order valence-corrected chi connectivity index (χ2v) is 8.07. The number of fused-ring (bicyclic) bond motifs is 1. The maximum absolute atomic E-state index is 11.5. The standard InChI is InChI=1S/C28H21N5O3/c1-19-23(4-2-6-25(19)21-8-10-28-31-18-32-33(28)14-21)16-35-24-9-7-22(15-34)27(12-24)36-17-26-20(13-29)5-3-11-30-26/h2-12,14-15,18H,16-17H2,1H3. The van der Waals surface area contributed by atoms with Crippen LogP contribution in [-0.2, 0) is 13.2 Å². The number of rotatable bonds is 8. The molecule has 0 fully saturated rings. The lowest BCUT2D eigenvalue weighted by atomic mass is 9.98. The van der Waals surface area contributed by atoms with Crippen molar-refractivity contribution >= 4 is 11.9 Å². The first kappa shape index (κ1) is 22.7. The molecule has 0 atom stereocenters. The number of ether oxygens (including phenoxy) is 2. The highest BCUT2D eigenvalue weighted by atomic mass is 16.5. The van der Waals surface area contributed by atoms with Crippen molar-refractivity contribution in [3.05, 3.63) is 107 Å². The zero-order valence-electron chi connectivity index (χ0n) is 19.5. The molecule has 36 heavy (non-hydrogen) atoms. The van der Waals surface area contributed by atoms with Crippen LogP contribution in [0.5, 0.6) is 11.5 Å². The Kier molecular flexibility index (Phi) is 6.36. The largest absolute Gasteiger partial charge is 0.489 e. The number of aldehydes is 1. The molecular weight excluding hydrogens is 454 g/mol. The van der Waals surface area contributed by atoms with Crippen LogP contribution in [-0.4, -0.2) is 25.9 Å². The molecule has 0 aliphatic rings. The molecule has 0 unspecified atom stereocenters. The van der Waals surface area contributed by atoms with E-state index < -0.39 is 0 Å². The molecule has 0 saturated carbocycles. The van der Waals surface area contributed by atoms with Crippen LogP contribution in [0.4, 0.5) is 0 Å². The molecule has 0 spiro atoms. The van der Waals surface area contributed by atoms with Gasteiger partial charge < -0.3 is 9.47 Å². The van der Waals surface area contributed by atoms with Gasteiger partial charge in [0, 0.05) is 24.0 Å². The molecule has 8 nitrogen and oxygen atoms in total. The maximum atomic E-state index is 11.5. The fourth-order valence-electron chi connectivity index (χ4n) is 3.92. The predicted molar refractivity (Wildman–Crippen MR) is 133 cm³/mol. The molecular formula is C28H21N5O3. The van der Waals surface area contributed by atoms with E-state index in [1.165, 1.54) is 6.33 Å². The summed E-state index contributed by atoms with van der Waals surface area (Å²) in [7, 11) is 0. The lowest BCUT2D eigenvalue weighted by Crippen LogP contribution is -2.04. The van der Waals surface area contributed by atoms with Crippen molar-refractivity contribution < 1.29 is 14.3 Å². The normalized spacial score (nSPS) is 10.7. The van der Waals surface area contributed by atoms with Crippen LogP contribution in [0.3, 0.4) is 0 Å². The third-order valence-corrected chi connectivity index (χ3v) is 5.91. The fraction of sp³-hybridized carbons (Fsp3) is 0.107. The average molecular weight is 476 g/mol. The summed E-state index contributed by atoms with van der Waals surface area (Å²) in [5.41, 5.74) is 6.34. The monoisotopic (exact) mass is 475 g/mol. The first-order valence-corrected chi connectivity index (χ1v) is 11.2. The van der Waals surface area contributed by atoms with E-state index in [9.17, 15) is 10.1 Å². The van der Waals surface area contributed by atoms with Crippen molar-refractivity contribution in [2.45, 2.75) is 20.1 Å². The quantitative estimate of drug-likeness (QED) is 0.293. The molecule has 0 saturated heterocycles. The third kappa shape index (κ3) is 4.63. The molecule has 0 aliphatic carbocycles. The van der Waals surface area contributed by atoms with Gasteiger partial charge >= 0.3 is 0 Å². The third-order valence-electron chi connectivity index (χ3n) is 5.91. The molecule has 3 aromatic heterocycles. The summed E-state index contributed by atoms with van der Waals surface area (Å²) in [6.45, 7) is 2.46. The number of nitriles is 1. The highest BCUT2D eigenvalue weighted by Gasteiger charge is 2.11. The maximum Gasteiger partial charge on any atom is 0.155 e. The highest BCUT2D eigenvalue weighted by Crippen LogP contribution is 2.29.